The monoisotopic (exact) mass is 283 g/mol. The summed E-state index contributed by atoms with van der Waals surface area (Å²) in [5.74, 6) is -2.01. The Morgan fingerprint density at radius 1 is 1.35 bits per heavy atom. The molecule has 0 aromatic rings. The lowest BCUT2D eigenvalue weighted by Gasteiger charge is -2.34. The molecule has 1 unspecified atom stereocenters. The molecule has 0 heterocycles. The molecule has 5 nitrogen and oxygen atoms in total. The minimum Gasteiger partial charge on any atom is -0.481 e. The van der Waals surface area contributed by atoms with Gasteiger partial charge in [0, 0.05) is 19.7 Å². The fourth-order valence-corrected chi connectivity index (χ4v) is 2.53. The van der Waals surface area contributed by atoms with Crippen molar-refractivity contribution in [2.75, 3.05) is 20.3 Å². The topological polar surface area (TPSA) is 66.8 Å². The maximum atomic E-state index is 12.7. The molecular weight excluding hydrogens is 258 g/mol. The Hall–Kier alpha value is -1.36. The largest absolute Gasteiger partial charge is 0.481 e. The number of hydrogen-bond acceptors (Lipinski definition) is 3. The summed E-state index contributed by atoms with van der Waals surface area (Å²) in [6, 6.07) is 0.0954. The molecule has 0 aliphatic heterocycles. The van der Waals surface area contributed by atoms with Gasteiger partial charge in [-0.3, -0.25) is 9.59 Å². The van der Waals surface area contributed by atoms with Gasteiger partial charge in [0.2, 0.25) is 5.91 Å². The third-order valence-corrected chi connectivity index (χ3v) is 4.01. The Morgan fingerprint density at radius 2 is 1.95 bits per heavy atom. The van der Waals surface area contributed by atoms with Crippen molar-refractivity contribution < 1.29 is 19.4 Å². The van der Waals surface area contributed by atoms with Gasteiger partial charge < -0.3 is 14.7 Å². The molecule has 1 aliphatic carbocycles. The summed E-state index contributed by atoms with van der Waals surface area (Å²) in [7, 11) is 1.60. The van der Waals surface area contributed by atoms with E-state index in [1.807, 2.05) is 26.0 Å². The lowest BCUT2D eigenvalue weighted by atomic mass is 9.82. The Labute approximate surface area is 120 Å². The molecule has 0 saturated carbocycles. The average Bonchev–Trinajstić information content (AvgIpc) is 2.46. The number of ether oxygens (including phenoxy) is 1. The number of allylic oxidation sites excluding steroid dienone is 2. The maximum absolute atomic E-state index is 12.7. The first-order valence-electron chi connectivity index (χ1n) is 7.20. The van der Waals surface area contributed by atoms with E-state index in [4.69, 9.17) is 4.74 Å². The standard InChI is InChI=1S/C15H25NO4/c1-4-11(2)16(9-10-20-3)14(17)12-7-5-6-8-13(12)15(18)19/h5-6,11-13H,4,7-10H2,1-3H3,(H,18,19)/t11?,12-,13+/m1/s1. The van der Waals surface area contributed by atoms with Crippen LogP contribution in [0, 0.1) is 11.8 Å². The van der Waals surface area contributed by atoms with Crippen LogP contribution in [0.15, 0.2) is 12.2 Å². The van der Waals surface area contributed by atoms with Crippen LogP contribution in [-0.2, 0) is 14.3 Å². The van der Waals surface area contributed by atoms with E-state index in [-0.39, 0.29) is 11.9 Å². The van der Waals surface area contributed by atoms with E-state index in [0.717, 1.165) is 6.42 Å². The molecule has 5 heteroatoms. The van der Waals surface area contributed by atoms with Crippen molar-refractivity contribution in [2.24, 2.45) is 11.8 Å². The first-order chi connectivity index (χ1) is 9.52. The van der Waals surface area contributed by atoms with E-state index in [2.05, 4.69) is 0 Å². The number of amides is 1. The fourth-order valence-electron chi connectivity index (χ4n) is 2.53. The first kappa shape index (κ1) is 16.7. The summed E-state index contributed by atoms with van der Waals surface area (Å²) >= 11 is 0. The van der Waals surface area contributed by atoms with Crippen LogP contribution in [0.5, 0.6) is 0 Å². The summed E-state index contributed by atoms with van der Waals surface area (Å²) in [5.41, 5.74) is 0. The van der Waals surface area contributed by atoms with Gasteiger partial charge in [0.15, 0.2) is 0 Å². The lowest BCUT2D eigenvalue weighted by Crippen LogP contribution is -2.47. The maximum Gasteiger partial charge on any atom is 0.307 e. The summed E-state index contributed by atoms with van der Waals surface area (Å²) < 4.78 is 5.05. The molecule has 0 aromatic heterocycles. The summed E-state index contributed by atoms with van der Waals surface area (Å²) in [5, 5.41) is 9.28. The van der Waals surface area contributed by atoms with Crippen LogP contribution in [0.3, 0.4) is 0 Å². The average molecular weight is 283 g/mol. The minimum atomic E-state index is -0.886. The van der Waals surface area contributed by atoms with E-state index >= 15 is 0 Å². The van der Waals surface area contributed by atoms with E-state index in [1.165, 1.54) is 0 Å². The molecule has 20 heavy (non-hydrogen) atoms. The molecule has 114 valence electrons. The molecular formula is C15H25NO4. The number of carbonyl (C=O) groups is 2. The highest BCUT2D eigenvalue weighted by Gasteiger charge is 2.37. The molecule has 0 spiro atoms. The normalized spacial score (nSPS) is 23.4. The zero-order chi connectivity index (χ0) is 15.1. The van der Waals surface area contributed by atoms with Crippen LogP contribution in [0.4, 0.5) is 0 Å². The highest BCUT2D eigenvalue weighted by Crippen LogP contribution is 2.28. The third-order valence-electron chi connectivity index (χ3n) is 4.01. The van der Waals surface area contributed by atoms with Crippen molar-refractivity contribution in [2.45, 2.75) is 39.2 Å². The number of carbonyl (C=O) groups excluding carboxylic acids is 1. The molecule has 1 rings (SSSR count). The first-order valence-corrected chi connectivity index (χ1v) is 7.20. The van der Waals surface area contributed by atoms with Gasteiger partial charge >= 0.3 is 5.97 Å². The second kappa shape index (κ2) is 8.04. The number of hydrogen-bond donors (Lipinski definition) is 1. The lowest BCUT2D eigenvalue weighted by molar-refractivity contribution is -0.151. The van der Waals surface area contributed by atoms with Crippen molar-refractivity contribution in [1.29, 1.82) is 0 Å². The van der Waals surface area contributed by atoms with Gasteiger partial charge in [-0.05, 0) is 26.2 Å². The molecule has 1 N–H and O–H groups in total. The molecule has 1 amide bonds. The SMILES string of the molecule is CCC(C)N(CCOC)C(=O)[C@@H]1CC=CC[C@@H]1C(=O)O. The third kappa shape index (κ3) is 4.07. The van der Waals surface area contributed by atoms with Crippen LogP contribution in [0.25, 0.3) is 0 Å². The zero-order valence-electron chi connectivity index (χ0n) is 12.5. The van der Waals surface area contributed by atoms with Crippen LogP contribution >= 0.6 is 0 Å². The van der Waals surface area contributed by atoms with Gasteiger partial charge in [0.1, 0.15) is 0 Å². The molecule has 0 fully saturated rings. The second-order valence-corrected chi connectivity index (χ2v) is 5.28. The van der Waals surface area contributed by atoms with E-state index in [0.29, 0.717) is 26.0 Å². The Kier molecular flexibility index (Phi) is 6.71. The molecule has 0 radical (unpaired) electrons. The van der Waals surface area contributed by atoms with Crippen LogP contribution in [0.2, 0.25) is 0 Å². The van der Waals surface area contributed by atoms with Gasteiger partial charge in [-0.2, -0.15) is 0 Å². The van der Waals surface area contributed by atoms with Gasteiger partial charge in [0.25, 0.3) is 0 Å². The van der Waals surface area contributed by atoms with E-state index < -0.39 is 17.8 Å². The van der Waals surface area contributed by atoms with Crippen molar-refractivity contribution in [1.82, 2.24) is 4.90 Å². The molecule has 1 aliphatic rings. The summed E-state index contributed by atoms with van der Waals surface area (Å²) in [6.07, 6.45) is 5.55. The Bertz CT molecular complexity index is 367. The smallest absolute Gasteiger partial charge is 0.307 e. The molecule has 0 saturated heterocycles. The van der Waals surface area contributed by atoms with Crippen LogP contribution < -0.4 is 0 Å². The number of aliphatic carboxylic acids is 1. The number of carboxylic acids is 1. The van der Waals surface area contributed by atoms with E-state index in [1.54, 1.807) is 12.0 Å². The number of rotatable bonds is 7. The molecule has 0 bridgehead atoms. The Morgan fingerprint density at radius 3 is 2.45 bits per heavy atom. The van der Waals surface area contributed by atoms with E-state index in [9.17, 15) is 14.7 Å². The van der Waals surface area contributed by atoms with Gasteiger partial charge in [-0.25, -0.2) is 0 Å². The second-order valence-electron chi connectivity index (χ2n) is 5.28. The van der Waals surface area contributed by atoms with Crippen LogP contribution in [-0.4, -0.2) is 48.2 Å². The van der Waals surface area contributed by atoms with Gasteiger partial charge in [-0.1, -0.05) is 19.1 Å². The van der Waals surface area contributed by atoms with Crippen molar-refractivity contribution >= 4 is 11.9 Å². The number of nitrogens with zero attached hydrogens (tertiary/aromatic N) is 1. The summed E-state index contributed by atoms with van der Waals surface area (Å²) in [4.78, 5) is 25.8. The number of carboxylic acid groups (broad SMARTS) is 1. The zero-order valence-corrected chi connectivity index (χ0v) is 12.5. The van der Waals surface area contributed by atoms with Crippen molar-refractivity contribution in [3.05, 3.63) is 12.2 Å². The highest BCUT2D eigenvalue weighted by atomic mass is 16.5. The van der Waals surface area contributed by atoms with Crippen molar-refractivity contribution in [3.63, 3.8) is 0 Å². The summed E-state index contributed by atoms with van der Waals surface area (Å²) in [6.45, 7) is 4.99. The van der Waals surface area contributed by atoms with Gasteiger partial charge in [-0.15, -0.1) is 0 Å². The highest BCUT2D eigenvalue weighted by molar-refractivity contribution is 5.85. The quantitative estimate of drug-likeness (QED) is 0.725. The molecule has 0 aromatic carbocycles. The Balaban J connectivity index is 2.85. The van der Waals surface area contributed by atoms with Crippen LogP contribution in [0.1, 0.15) is 33.1 Å². The predicted molar refractivity (Wildman–Crippen MR) is 76.3 cm³/mol. The van der Waals surface area contributed by atoms with Crippen molar-refractivity contribution in [3.8, 4) is 0 Å². The fraction of sp³-hybridized carbons (Fsp3) is 0.733. The number of methoxy groups -OCH3 is 1. The predicted octanol–water partition coefficient (Wildman–Crippen LogP) is 1.93. The minimum absolute atomic E-state index is 0.0619. The van der Waals surface area contributed by atoms with Gasteiger partial charge in [0.05, 0.1) is 18.4 Å². The molecule has 3 atom stereocenters.